The van der Waals surface area contributed by atoms with Gasteiger partial charge >= 0.3 is 0 Å². The van der Waals surface area contributed by atoms with Gasteiger partial charge in [-0.25, -0.2) is 4.98 Å². The first-order valence-corrected chi connectivity index (χ1v) is 7.77. The molecule has 2 aromatic rings. The van der Waals surface area contributed by atoms with Crippen LogP contribution in [-0.2, 0) is 18.2 Å². The van der Waals surface area contributed by atoms with E-state index < -0.39 is 0 Å². The highest BCUT2D eigenvalue weighted by Crippen LogP contribution is 2.38. The fourth-order valence-corrected chi connectivity index (χ4v) is 3.27. The van der Waals surface area contributed by atoms with Gasteiger partial charge < -0.3 is 9.30 Å². The smallest absolute Gasteiger partial charge is 0.158 e. The molecule has 6 heteroatoms. The molecular formula is C14H21ClN4O. The lowest BCUT2D eigenvalue weighted by atomic mass is 9.88. The third kappa shape index (κ3) is 2.13. The van der Waals surface area contributed by atoms with Gasteiger partial charge in [-0.1, -0.05) is 0 Å². The van der Waals surface area contributed by atoms with Crippen LogP contribution in [0, 0.1) is 6.92 Å². The van der Waals surface area contributed by atoms with Crippen molar-refractivity contribution >= 4 is 22.8 Å². The molecule has 0 bridgehead atoms. The lowest BCUT2D eigenvalue weighted by Gasteiger charge is -2.36. The van der Waals surface area contributed by atoms with Crippen molar-refractivity contribution in [3.63, 3.8) is 0 Å². The van der Waals surface area contributed by atoms with Crippen LogP contribution >= 0.6 is 11.6 Å². The van der Waals surface area contributed by atoms with E-state index in [-0.39, 0.29) is 0 Å². The molecule has 2 aromatic heterocycles. The summed E-state index contributed by atoms with van der Waals surface area (Å²) in [5, 5.41) is 4.48. The number of alkyl halides is 1. The average Bonchev–Trinajstić information content (AvgIpc) is 2.84. The van der Waals surface area contributed by atoms with E-state index in [1.54, 1.807) is 0 Å². The number of hydrogen-bond acceptors (Lipinski definition) is 3. The molecule has 0 N–H and O–H groups in total. The normalized spacial score (nSPS) is 22.4. The standard InChI is InChI=1S/C14H21ClN4O/c1-4-20-11-7-10(8-11)19-12(5-6-15)16-13-9(2)17-18(3)14(13)19/h10-11H,4-8H2,1-3H3. The molecule has 1 fully saturated rings. The average molecular weight is 297 g/mol. The SMILES string of the molecule is CCOC1CC(n2c(CCCl)nc3c(C)nn(C)c32)C1. The molecule has 1 aliphatic carbocycles. The van der Waals surface area contributed by atoms with Crippen LogP contribution in [0.25, 0.3) is 11.2 Å². The van der Waals surface area contributed by atoms with Gasteiger partial charge in [0.05, 0.1) is 11.8 Å². The predicted molar refractivity (Wildman–Crippen MR) is 79.3 cm³/mol. The van der Waals surface area contributed by atoms with Gasteiger partial charge in [-0.2, -0.15) is 5.10 Å². The highest BCUT2D eigenvalue weighted by Gasteiger charge is 2.34. The Hall–Kier alpha value is -1.07. The fourth-order valence-electron chi connectivity index (χ4n) is 3.11. The van der Waals surface area contributed by atoms with Crippen molar-refractivity contribution in [2.45, 2.75) is 45.3 Å². The maximum atomic E-state index is 5.93. The molecule has 5 nitrogen and oxygen atoms in total. The Balaban J connectivity index is 1.97. The maximum absolute atomic E-state index is 5.93. The highest BCUT2D eigenvalue weighted by molar-refractivity contribution is 6.17. The van der Waals surface area contributed by atoms with E-state index in [4.69, 9.17) is 21.3 Å². The summed E-state index contributed by atoms with van der Waals surface area (Å²) in [6.45, 7) is 4.84. The molecule has 1 aliphatic rings. The van der Waals surface area contributed by atoms with Gasteiger partial charge in [0, 0.05) is 32.0 Å². The molecule has 2 heterocycles. The van der Waals surface area contributed by atoms with Crippen molar-refractivity contribution in [3.8, 4) is 0 Å². The molecule has 110 valence electrons. The van der Waals surface area contributed by atoms with Crippen LogP contribution in [-0.4, -0.2) is 37.9 Å². The van der Waals surface area contributed by atoms with Gasteiger partial charge in [-0.15, -0.1) is 11.6 Å². The minimum atomic E-state index is 0.389. The minimum Gasteiger partial charge on any atom is -0.378 e. The summed E-state index contributed by atoms with van der Waals surface area (Å²) in [7, 11) is 1.98. The number of ether oxygens (including phenoxy) is 1. The summed E-state index contributed by atoms with van der Waals surface area (Å²) in [6, 6.07) is 0.463. The summed E-state index contributed by atoms with van der Waals surface area (Å²) in [5.74, 6) is 1.67. The first-order valence-electron chi connectivity index (χ1n) is 7.23. The molecular weight excluding hydrogens is 276 g/mol. The van der Waals surface area contributed by atoms with Gasteiger partial charge in [-0.3, -0.25) is 4.68 Å². The summed E-state index contributed by atoms with van der Waals surface area (Å²) >= 11 is 5.93. The molecule has 0 unspecified atom stereocenters. The van der Waals surface area contributed by atoms with Crippen molar-refractivity contribution in [1.82, 2.24) is 19.3 Å². The van der Waals surface area contributed by atoms with Crippen molar-refractivity contribution in [3.05, 3.63) is 11.5 Å². The summed E-state index contributed by atoms with van der Waals surface area (Å²) in [4.78, 5) is 4.75. The van der Waals surface area contributed by atoms with Crippen LogP contribution in [0.2, 0.25) is 0 Å². The van der Waals surface area contributed by atoms with Crippen LogP contribution in [0.1, 0.15) is 37.3 Å². The maximum Gasteiger partial charge on any atom is 0.158 e. The molecule has 1 saturated carbocycles. The second-order valence-electron chi connectivity index (χ2n) is 5.42. The number of nitrogens with zero attached hydrogens (tertiary/aromatic N) is 4. The Bertz CT molecular complexity index is 612. The summed E-state index contributed by atoms with van der Waals surface area (Å²) in [6.07, 6.45) is 3.30. The van der Waals surface area contributed by atoms with E-state index in [9.17, 15) is 0 Å². The minimum absolute atomic E-state index is 0.389. The topological polar surface area (TPSA) is 44.9 Å². The summed E-state index contributed by atoms with van der Waals surface area (Å²) < 4.78 is 9.93. The van der Waals surface area contributed by atoms with Crippen molar-refractivity contribution in [2.24, 2.45) is 7.05 Å². The van der Waals surface area contributed by atoms with E-state index in [0.717, 1.165) is 48.6 Å². The van der Waals surface area contributed by atoms with E-state index in [1.807, 2.05) is 25.6 Å². The van der Waals surface area contributed by atoms with Crippen LogP contribution in [0.15, 0.2) is 0 Å². The first kappa shape index (κ1) is 13.9. The van der Waals surface area contributed by atoms with Crippen LogP contribution in [0.3, 0.4) is 0 Å². The Kier molecular flexibility index (Phi) is 3.73. The van der Waals surface area contributed by atoms with Crippen molar-refractivity contribution in [1.29, 1.82) is 0 Å². The molecule has 0 spiro atoms. The fraction of sp³-hybridized carbons (Fsp3) is 0.714. The first-order chi connectivity index (χ1) is 9.65. The van der Waals surface area contributed by atoms with E-state index in [1.165, 1.54) is 0 Å². The number of halogens is 1. The van der Waals surface area contributed by atoms with Crippen molar-refractivity contribution in [2.75, 3.05) is 12.5 Å². The van der Waals surface area contributed by atoms with Crippen LogP contribution in [0.4, 0.5) is 0 Å². The predicted octanol–water partition coefficient (Wildman–Crippen LogP) is 2.60. The van der Waals surface area contributed by atoms with Gasteiger partial charge in [-0.05, 0) is 26.7 Å². The number of rotatable bonds is 5. The number of fused-ring (bicyclic) bond motifs is 1. The second-order valence-corrected chi connectivity index (χ2v) is 5.80. The third-order valence-corrected chi connectivity index (χ3v) is 4.25. The quantitative estimate of drug-likeness (QED) is 0.797. The summed E-state index contributed by atoms with van der Waals surface area (Å²) in [5.41, 5.74) is 3.10. The zero-order valence-corrected chi connectivity index (χ0v) is 13.0. The number of aryl methyl sites for hydroxylation is 3. The molecule has 0 aliphatic heterocycles. The Labute approximate surface area is 123 Å². The zero-order valence-electron chi connectivity index (χ0n) is 12.3. The molecule has 20 heavy (non-hydrogen) atoms. The van der Waals surface area contributed by atoms with Gasteiger partial charge in [0.25, 0.3) is 0 Å². The largest absolute Gasteiger partial charge is 0.378 e. The van der Waals surface area contributed by atoms with Crippen molar-refractivity contribution < 1.29 is 4.74 Å². The Morgan fingerprint density at radius 1 is 1.40 bits per heavy atom. The third-order valence-electron chi connectivity index (χ3n) is 4.06. The number of imidazole rings is 1. The van der Waals surface area contributed by atoms with Gasteiger partial charge in [0.15, 0.2) is 5.65 Å². The Morgan fingerprint density at radius 2 is 2.15 bits per heavy atom. The highest BCUT2D eigenvalue weighted by atomic mass is 35.5. The Morgan fingerprint density at radius 3 is 2.80 bits per heavy atom. The molecule has 0 radical (unpaired) electrons. The molecule has 0 aromatic carbocycles. The lowest BCUT2D eigenvalue weighted by Crippen LogP contribution is -2.34. The molecule has 0 atom stereocenters. The zero-order chi connectivity index (χ0) is 14.3. The molecule has 0 amide bonds. The molecule has 0 saturated heterocycles. The number of aromatic nitrogens is 4. The second kappa shape index (κ2) is 5.37. The van der Waals surface area contributed by atoms with Gasteiger partial charge in [0.2, 0.25) is 0 Å². The van der Waals surface area contributed by atoms with Gasteiger partial charge in [0.1, 0.15) is 11.3 Å². The van der Waals surface area contributed by atoms with Crippen LogP contribution in [0.5, 0.6) is 0 Å². The van der Waals surface area contributed by atoms with E-state index >= 15 is 0 Å². The lowest BCUT2D eigenvalue weighted by molar-refractivity contribution is -0.0195. The number of hydrogen-bond donors (Lipinski definition) is 0. The monoisotopic (exact) mass is 296 g/mol. The van der Waals surface area contributed by atoms with E-state index in [0.29, 0.717) is 18.0 Å². The molecule has 3 rings (SSSR count). The van der Waals surface area contributed by atoms with E-state index in [2.05, 4.69) is 9.67 Å². The van der Waals surface area contributed by atoms with Crippen LogP contribution < -0.4 is 0 Å².